The number of hydrogen-bond acceptors (Lipinski definition) is 4. The van der Waals surface area contributed by atoms with Gasteiger partial charge in [-0.3, -0.25) is 14.9 Å². The van der Waals surface area contributed by atoms with Gasteiger partial charge in [0.05, 0.1) is 0 Å². The molecular weight excluding hydrogens is 246 g/mol. The molecule has 0 aromatic rings. The maximum Gasteiger partial charge on any atom is 0.251 e. The van der Waals surface area contributed by atoms with Crippen LogP contribution in [0.4, 0.5) is 0 Å². The van der Waals surface area contributed by atoms with Crippen LogP contribution < -0.4 is 16.0 Å². The summed E-state index contributed by atoms with van der Waals surface area (Å²) in [5.74, 6) is -1.13. The van der Waals surface area contributed by atoms with Crippen molar-refractivity contribution in [3.63, 3.8) is 0 Å². The van der Waals surface area contributed by atoms with Gasteiger partial charge < -0.3 is 15.7 Å². The first kappa shape index (κ1) is 17.1. The van der Waals surface area contributed by atoms with Crippen LogP contribution in [0.5, 0.6) is 0 Å². The van der Waals surface area contributed by atoms with Gasteiger partial charge in [-0.15, -0.1) is 19.7 Å². The van der Waals surface area contributed by atoms with E-state index in [9.17, 15) is 14.7 Å². The Bertz CT molecular complexity index is 342. The average Bonchev–Trinajstić information content (AvgIpc) is 2.42. The Morgan fingerprint density at radius 1 is 0.947 bits per heavy atom. The lowest BCUT2D eigenvalue weighted by atomic mass is 10.1. The van der Waals surface area contributed by atoms with Gasteiger partial charge in [0.25, 0.3) is 5.91 Å². The zero-order valence-corrected chi connectivity index (χ0v) is 10.9. The molecule has 0 fully saturated rings. The van der Waals surface area contributed by atoms with E-state index in [0.717, 1.165) is 0 Å². The fourth-order valence-electron chi connectivity index (χ4n) is 1.27. The lowest BCUT2D eigenvalue weighted by Gasteiger charge is -2.22. The van der Waals surface area contributed by atoms with E-state index < -0.39 is 24.0 Å². The van der Waals surface area contributed by atoms with Crippen LogP contribution in [0.2, 0.25) is 0 Å². The molecule has 0 rings (SSSR count). The molecule has 0 radical (unpaired) electrons. The van der Waals surface area contributed by atoms with Crippen molar-refractivity contribution in [3.8, 4) is 0 Å². The third-order valence-electron chi connectivity index (χ3n) is 2.19. The van der Waals surface area contributed by atoms with E-state index >= 15 is 0 Å². The van der Waals surface area contributed by atoms with Crippen molar-refractivity contribution in [1.82, 2.24) is 16.0 Å². The molecule has 0 aliphatic rings. The maximum absolute atomic E-state index is 11.8. The topological polar surface area (TPSA) is 90.5 Å². The van der Waals surface area contributed by atoms with Crippen LogP contribution in [-0.4, -0.2) is 48.7 Å². The second kappa shape index (κ2) is 10.0. The molecule has 0 aliphatic heterocycles. The molecule has 0 unspecified atom stereocenters. The number of aliphatic hydroxyl groups is 1. The number of hydrogen-bond donors (Lipinski definition) is 4. The van der Waals surface area contributed by atoms with Gasteiger partial charge in [-0.25, -0.2) is 0 Å². The molecule has 106 valence electrons. The monoisotopic (exact) mass is 267 g/mol. The van der Waals surface area contributed by atoms with E-state index in [2.05, 4.69) is 35.7 Å². The van der Waals surface area contributed by atoms with E-state index in [-0.39, 0.29) is 19.6 Å². The Morgan fingerprint density at radius 3 is 1.89 bits per heavy atom. The van der Waals surface area contributed by atoms with E-state index in [1.807, 2.05) is 0 Å². The van der Waals surface area contributed by atoms with Crippen LogP contribution in [-0.2, 0) is 9.59 Å². The van der Waals surface area contributed by atoms with Gasteiger partial charge in [0.2, 0.25) is 5.91 Å². The number of nitrogens with one attached hydrogen (secondary N) is 3. The molecule has 6 nitrogen and oxygen atoms in total. The summed E-state index contributed by atoms with van der Waals surface area (Å²) in [5, 5.41) is 17.6. The molecule has 0 spiro atoms. The van der Waals surface area contributed by atoms with Gasteiger partial charge in [-0.05, 0) is 0 Å². The molecule has 0 aromatic carbocycles. The Kier molecular flexibility index (Phi) is 9.03. The minimum absolute atomic E-state index is 0.221. The highest BCUT2D eigenvalue weighted by Crippen LogP contribution is 1.95. The van der Waals surface area contributed by atoms with Crippen molar-refractivity contribution in [2.75, 3.05) is 19.6 Å². The molecule has 0 heterocycles. The van der Waals surface area contributed by atoms with Gasteiger partial charge in [0.15, 0.2) is 6.10 Å². The lowest BCUT2D eigenvalue weighted by molar-refractivity contribution is -0.137. The van der Waals surface area contributed by atoms with Crippen molar-refractivity contribution >= 4 is 11.8 Å². The Hall–Kier alpha value is -1.92. The van der Waals surface area contributed by atoms with E-state index in [4.69, 9.17) is 0 Å². The molecule has 4 N–H and O–H groups in total. The number of carbonyl (C=O) groups excluding carboxylic acids is 2. The van der Waals surface area contributed by atoms with Crippen molar-refractivity contribution < 1.29 is 14.7 Å². The van der Waals surface area contributed by atoms with Crippen molar-refractivity contribution in [2.45, 2.75) is 12.1 Å². The smallest absolute Gasteiger partial charge is 0.251 e. The van der Waals surface area contributed by atoms with Crippen LogP contribution in [0.25, 0.3) is 0 Å². The predicted octanol–water partition coefficient (Wildman–Crippen LogP) is -0.904. The zero-order valence-electron chi connectivity index (χ0n) is 10.9. The van der Waals surface area contributed by atoms with E-state index in [0.29, 0.717) is 0 Å². The number of aliphatic hydroxyl groups excluding tert-OH is 1. The molecule has 0 aromatic heterocycles. The minimum atomic E-state index is -1.50. The Labute approximate surface area is 113 Å². The van der Waals surface area contributed by atoms with Crippen LogP contribution in [0.15, 0.2) is 38.0 Å². The fraction of sp³-hybridized carbons (Fsp3) is 0.385. The second-order valence-corrected chi connectivity index (χ2v) is 3.69. The van der Waals surface area contributed by atoms with Crippen LogP contribution in [0.3, 0.4) is 0 Å². The third-order valence-corrected chi connectivity index (χ3v) is 2.19. The van der Waals surface area contributed by atoms with Gasteiger partial charge in [-0.2, -0.15) is 0 Å². The maximum atomic E-state index is 11.8. The molecule has 0 bridgehead atoms. The van der Waals surface area contributed by atoms with E-state index in [1.54, 1.807) is 0 Å². The molecular formula is C13H21N3O3. The first-order valence-corrected chi connectivity index (χ1v) is 5.88. The molecule has 2 atom stereocenters. The molecule has 6 heteroatoms. The predicted molar refractivity (Wildman–Crippen MR) is 74.4 cm³/mol. The highest BCUT2D eigenvalue weighted by atomic mass is 16.3. The summed E-state index contributed by atoms with van der Waals surface area (Å²) in [7, 11) is 0. The summed E-state index contributed by atoms with van der Waals surface area (Å²) in [6.45, 7) is 11.2. The van der Waals surface area contributed by atoms with Crippen LogP contribution >= 0.6 is 0 Å². The first-order chi connectivity index (χ1) is 9.08. The number of amides is 2. The molecule has 0 aliphatic carbocycles. The Morgan fingerprint density at radius 2 is 1.42 bits per heavy atom. The van der Waals surface area contributed by atoms with Crippen molar-refractivity contribution in [2.24, 2.45) is 0 Å². The van der Waals surface area contributed by atoms with E-state index in [1.165, 1.54) is 18.2 Å². The zero-order chi connectivity index (χ0) is 14.7. The second-order valence-electron chi connectivity index (χ2n) is 3.69. The molecule has 0 saturated heterocycles. The fourth-order valence-corrected chi connectivity index (χ4v) is 1.27. The average molecular weight is 267 g/mol. The number of rotatable bonds is 10. The van der Waals surface area contributed by atoms with Gasteiger partial charge in [0, 0.05) is 19.6 Å². The van der Waals surface area contributed by atoms with Crippen molar-refractivity contribution in [1.29, 1.82) is 0 Å². The standard InChI is InChI=1S/C13H21N3O3/c1-4-7-14-10(12(18)15-8-5-2)11(17)13(19)16-9-6-3/h4-6,10-11,14,17H,1-3,7-9H2,(H,15,18)(H,16,19)/t10-,11-/m1/s1. The third kappa shape index (κ3) is 6.54. The summed E-state index contributed by atoms with van der Waals surface area (Å²) >= 11 is 0. The van der Waals surface area contributed by atoms with Crippen LogP contribution in [0, 0.1) is 0 Å². The quantitative estimate of drug-likeness (QED) is 0.386. The first-order valence-electron chi connectivity index (χ1n) is 5.88. The summed E-state index contributed by atoms with van der Waals surface area (Å²) in [5.41, 5.74) is 0. The highest BCUT2D eigenvalue weighted by molar-refractivity contribution is 5.91. The largest absolute Gasteiger partial charge is 0.381 e. The Balaban J connectivity index is 4.65. The summed E-state index contributed by atoms with van der Waals surface area (Å²) < 4.78 is 0. The lowest BCUT2D eigenvalue weighted by Crippen LogP contribution is -2.56. The molecule has 0 saturated carbocycles. The molecule has 19 heavy (non-hydrogen) atoms. The number of carbonyl (C=O) groups is 2. The van der Waals surface area contributed by atoms with Crippen LogP contribution in [0.1, 0.15) is 0 Å². The summed E-state index contributed by atoms with van der Waals surface area (Å²) in [4.78, 5) is 23.4. The van der Waals surface area contributed by atoms with Gasteiger partial charge >= 0.3 is 0 Å². The summed E-state index contributed by atoms with van der Waals surface area (Å²) in [6.07, 6.45) is 3.02. The molecule has 2 amide bonds. The van der Waals surface area contributed by atoms with Gasteiger partial charge in [0.1, 0.15) is 6.04 Å². The van der Waals surface area contributed by atoms with Gasteiger partial charge in [-0.1, -0.05) is 18.2 Å². The SMILES string of the molecule is C=CCNC(=O)[C@H](O)[C@@H](NCC=C)C(=O)NCC=C. The van der Waals surface area contributed by atoms with Crippen molar-refractivity contribution in [3.05, 3.63) is 38.0 Å². The summed E-state index contributed by atoms with van der Waals surface area (Å²) in [6, 6.07) is -1.05. The highest BCUT2D eigenvalue weighted by Gasteiger charge is 2.30. The normalized spacial score (nSPS) is 12.9. The minimum Gasteiger partial charge on any atom is -0.381 e.